The standard InChI is InChI=1S/C18H27N3O3S/c1-3-15-14-5-11-25-16(14)4-6-21(15)18(23)13-19(2)12-17(22)20-7-9-24-10-8-20/h5,11,15H,3-4,6-10,12-13H2,1-2H3. The van der Waals surface area contributed by atoms with Crippen LogP contribution < -0.4 is 0 Å². The van der Waals surface area contributed by atoms with E-state index < -0.39 is 0 Å². The number of carbonyl (C=O) groups excluding carboxylic acids is 2. The molecule has 0 bridgehead atoms. The Morgan fingerprint density at radius 3 is 2.68 bits per heavy atom. The fourth-order valence-electron chi connectivity index (χ4n) is 3.66. The lowest BCUT2D eigenvalue weighted by Gasteiger charge is -2.36. The smallest absolute Gasteiger partial charge is 0.237 e. The Balaban J connectivity index is 1.55. The van der Waals surface area contributed by atoms with Gasteiger partial charge < -0.3 is 14.5 Å². The number of amides is 2. The molecule has 1 fully saturated rings. The molecule has 0 saturated carbocycles. The molecule has 1 saturated heterocycles. The van der Waals surface area contributed by atoms with Gasteiger partial charge in [-0.2, -0.15) is 0 Å². The van der Waals surface area contributed by atoms with Crippen molar-refractivity contribution < 1.29 is 14.3 Å². The monoisotopic (exact) mass is 365 g/mol. The van der Waals surface area contributed by atoms with Gasteiger partial charge in [0.15, 0.2) is 0 Å². The predicted octanol–water partition coefficient (Wildman–Crippen LogP) is 1.37. The third-order valence-electron chi connectivity index (χ3n) is 4.98. The van der Waals surface area contributed by atoms with Crippen molar-refractivity contribution in [2.45, 2.75) is 25.8 Å². The van der Waals surface area contributed by atoms with Gasteiger partial charge in [0.05, 0.1) is 32.3 Å². The average Bonchev–Trinajstić information content (AvgIpc) is 3.10. The van der Waals surface area contributed by atoms with E-state index in [4.69, 9.17) is 4.74 Å². The lowest BCUT2D eigenvalue weighted by Crippen LogP contribution is -2.48. The molecule has 2 aliphatic heterocycles. The predicted molar refractivity (Wildman–Crippen MR) is 97.7 cm³/mol. The number of hydrogen-bond donors (Lipinski definition) is 0. The van der Waals surface area contributed by atoms with Crippen LogP contribution in [0.5, 0.6) is 0 Å². The van der Waals surface area contributed by atoms with Crippen LogP contribution in [-0.2, 0) is 20.7 Å². The molecule has 7 heteroatoms. The highest BCUT2D eigenvalue weighted by Crippen LogP contribution is 2.35. The molecule has 0 spiro atoms. The molecule has 1 unspecified atom stereocenters. The van der Waals surface area contributed by atoms with Gasteiger partial charge in [-0.15, -0.1) is 11.3 Å². The SMILES string of the molecule is CCC1c2ccsc2CCN1C(=O)CN(C)CC(=O)N1CCOCC1. The summed E-state index contributed by atoms with van der Waals surface area (Å²) in [7, 11) is 1.84. The molecular formula is C18H27N3O3S. The maximum Gasteiger partial charge on any atom is 0.237 e. The second-order valence-electron chi connectivity index (χ2n) is 6.73. The third-order valence-corrected chi connectivity index (χ3v) is 5.97. The van der Waals surface area contributed by atoms with Crippen LogP contribution >= 0.6 is 11.3 Å². The molecule has 2 amide bonds. The maximum atomic E-state index is 12.8. The highest BCUT2D eigenvalue weighted by molar-refractivity contribution is 7.10. The first-order valence-corrected chi connectivity index (χ1v) is 9.88. The van der Waals surface area contributed by atoms with Crippen molar-refractivity contribution in [2.24, 2.45) is 0 Å². The highest BCUT2D eigenvalue weighted by Gasteiger charge is 2.31. The van der Waals surface area contributed by atoms with Gasteiger partial charge in [-0.1, -0.05) is 6.92 Å². The number of thiophene rings is 1. The number of rotatable bonds is 5. The summed E-state index contributed by atoms with van der Waals surface area (Å²) in [5.41, 5.74) is 1.30. The van der Waals surface area contributed by atoms with Crippen LogP contribution in [0, 0.1) is 0 Å². The van der Waals surface area contributed by atoms with Crippen LogP contribution in [0.3, 0.4) is 0 Å². The van der Waals surface area contributed by atoms with E-state index in [1.807, 2.05) is 21.7 Å². The van der Waals surface area contributed by atoms with Crippen molar-refractivity contribution in [2.75, 3.05) is 53.0 Å². The lowest BCUT2D eigenvalue weighted by atomic mass is 9.97. The van der Waals surface area contributed by atoms with Crippen molar-refractivity contribution in [1.29, 1.82) is 0 Å². The molecule has 6 nitrogen and oxygen atoms in total. The van der Waals surface area contributed by atoms with Gasteiger partial charge in [-0.25, -0.2) is 0 Å². The summed E-state index contributed by atoms with van der Waals surface area (Å²) in [6, 6.07) is 2.32. The number of ether oxygens (including phenoxy) is 1. The third kappa shape index (κ3) is 4.22. The minimum absolute atomic E-state index is 0.0735. The Bertz CT molecular complexity index is 612. The molecule has 3 heterocycles. The van der Waals surface area contributed by atoms with Crippen LogP contribution in [0.2, 0.25) is 0 Å². The number of carbonyl (C=O) groups is 2. The lowest BCUT2D eigenvalue weighted by molar-refractivity contribution is -0.138. The molecule has 1 aromatic heterocycles. The summed E-state index contributed by atoms with van der Waals surface area (Å²) in [6.07, 6.45) is 1.86. The Hall–Kier alpha value is -1.44. The van der Waals surface area contributed by atoms with E-state index in [1.165, 1.54) is 10.4 Å². The highest BCUT2D eigenvalue weighted by atomic mass is 32.1. The molecule has 2 aliphatic rings. The Kier molecular flexibility index (Phi) is 6.09. The largest absolute Gasteiger partial charge is 0.378 e. The molecule has 0 aliphatic carbocycles. The van der Waals surface area contributed by atoms with E-state index in [0.29, 0.717) is 26.3 Å². The Morgan fingerprint density at radius 1 is 1.24 bits per heavy atom. The molecule has 3 rings (SSSR count). The van der Waals surface area contributed by atoms with E-state index in [9.17, 15) is 9.59 Å². The Labute approximate surface area is 153 Å². The molecule has 138 valence electrons. The fourth-order valence-corrected chi connectivity index (χ4v) is 4.58. The van der Waals surface area contributed by atoms with Crippen LogP contribution in [-0.4, -0.2) is 79.5 Å². The quantitative estimate of drug-likeness (QED) is 0.791. The van der Waals surface area contributed by atoms with Gasteiger partial charge in [0, 0.05) is 24.5 Å². The van der Waals surface area contributed by atoms with Crippen LogP contribution in [0.15, 0.2) is 11.4 Å². The van der Waals surface area contributed by atoms with E-state index in [2.05, 4.69) is 18.4 Å². The molecular weight excluding hydrogens is 338 g/mol. The summed E-state index contributed by atoms with van der Waals surface area (Å²) >= 11 is 1.79. The Morgan fingerprint density at radius 2 is 1.96 bits per heavy atom. The van der Waals surface area contributed by atoms with E-state index in [0.717, 1.165) is 19.4 Å². The van der Waals surface area contributed by atoms with E-state index in [-0.39, 0.29) is 30.9 Å². The summed E-state index contributed by atoms with van der Waals surface area (Å²) in [6.45, 7) is 5.95. The number of likely N-dealkylation sites (N-methyl/N-ethyl adjacent to an activating group) is 1. The van der Waals surface area contributed by atoms with Gasteiger partial charge in [0.2, 0.25) is 11.8 Å². The molecule has 0 aromatic carbocycles. The van der Waals surface area contributed by atoms with Gasteiger partial charge in [0.25, 0.3) is 0 Å². The first-order chi connectivity index (χ1) is 12.1. The van der Waals surface area contributed by atoms with Crippen LogP contribution in [0.1, 0.15) is 29.8 Å². The summed E-state index contributed by atoms with van der Waals surface area (Å²) in [4.78, 5) is 32.2. The summed E-state index contributed by atoms with van der Waals surface area (Å²) in [5, 5.41) is 2.12. The molecule has 0 N–H and O–H groups in total. The fraction of sp³-hybridized carbons (Fsp3) is 0.667. The van der Waals surface area contributed by atoms with E-state index in [1.54, 1.807) is 11.3 Å². The number of morpholine rings is 1. The normalized spacial score (nSPS) is 20.7. The maximum absolute atomic E-state index is 12.8. The van der Waals surface area contributed by atoms with Crippen molar-refractivity contribution in [1.82, 2.24) is 14.7 Å². The van der Waals surface area contributed by atoms with Gasteiger partial charge in [-0.05, 0) is 36.9 Å². The zero-order chi connectivity index (χ0) is 17.8. The first kappa shape index (κ1) is 18.4. The van der Waals surface area contributed by atoms with Crippen LogP contribution in [0.25, 0.3) is 0 Å². The zero-order valence-electron chi connectivity index (χ0n) is 15.1. The van der Waals surface area contributed by atoms with Crippen molar-refractivity contribution in [3.8, 4) is 0 Å². The minimum Gasteiger partial charge on any atom is -0.378 e. The molecule has 25 heavy (non-hydrogen) atoms. The van der Waals surface area contributed by atoms with Crippen molar-refractivity contribution in [3.05, 3.63) is 21.9 Å². The summed E-state index contributed by atoms with van der Waals surface area (Å²) in [5.74, 6) is 0.186. The molecule has 0 radical (unpaired) electrons. The minimum atomic E-state index is 0.0735. The molecule has 1 aromatic rings. The van der Waals surface area contributed by atoms with Crippen LogP contribution in [0.4, 0.5) is 0 Å². The van der Waals surface area contributed by atoms with Gasteiger partial charge in [0.1, 0.15) is 0 Å². The number of nitrogens with zero attached hydrogens (tertiary/aromatic N) is 3. The second kappa shape index (κ2) is 8.29. The van der Waals surface area contributed by atoms with Crippen molar-refractivity contribution >= 4 is 23.2 Å². The topological polar surface area (TPSA) is 53.1 Å². The van der Waals surface area contributed by atoms with Gasteiger partial charge >= 0.3 is 0 Å². The van der Waals surface area contributed by atoms with E-state index >= 15 is 0 Å². The van der Waals surface area contributed by atoms with Gasteiger partial charge in [-0.3, -0.25) is 14.5 Å². The second-order valence-corrected chi connectivity index (χ2v) is 7.73. The summed E-state index contributed by atoms with van der Waals surface area (Å²) < 4.78 is 5.28. The number of fused-ring (bicyclic) bond motifs is 1. The zero-order valence-corrected chi connectivity index (χ0v) is 15.9. The molecule has 1 atom stereocenters. The average molecular weight is 365 g/mol. The number of hydrogen-bond acceptors (Lipinski definition) is 5. The first-order valence-electron chi connectivity index (χ1n) is 9.00. The van der Waals surface area contributed by atoms with Crippen molar-refractivity contribution in [3.63, 3.8) is 0 Å².